The van der Waals surface area contributed by atoms with Crippen LogP contribution in [0.5, 0.6) is 0 Å². The molecule has 1 aromatic carbocycles. The Morgan fingerprint density at radius 1 is 1.16 bits per heavy atom. The molecule has 0 fully saturated rings. The third-order valence-corrected chi connectivity index (χ3v) is 2.90. The molecular formula is C15H20O4. The summed E-state index contributed by atoms with van der Waals surface area (Å²) >= 11 is 0. The lowest BCUT2D eigenvalue weighted by Gasteiger charge is -2.21. The SMILES string of the molecule is CCOC(=O)C(CC)C(C)OC(=O)c1ccccc1. The van der Waals surface area contributed by atoms with E-state index < -0.39 is 18.0 Å². The van der Waals surface area contributed by atoms with E-state index in [4.69, 9.17) is 9.47 Å². The van der Waals surface area contributed by atoms with E-state index in [1.54, 1.807) is 38.1 Å². The lowest BCUT2D eigenvalue weighted by atomic mass is 10.0. The summed E-state index contributed by atoms with van der Waals surface area (Å²) in [5.74, 6) is -1.16. The summed E-state index contributed by atoms with van der Waals surface area (Å²) in [5, 5.41) is 0. The third-order valence-electron chi connectivity index (χ3n) is 2.90. The van der Waals surface area contributed by atoms with Crippen LogP contribution in [-0.4, -0.2) is 24.6 Å². The van der Waals surface area contributed by atoms with E-state index >= 15 is 0 Å². The van der Waals surface area contributed by atoms with Gasteiger partial charge < -0.3 is 9.47 Å². The van der Waals surface area contributed by atoms with Crippen molar-refractivity contribution < 1.29 is 19.1 Å². The van der Waals surface area contributed by atoms with E-state index in [0.29, 0.717) is 18.6 Å². The van der Waals surface area contributed by atoms with Crippen molar-refractivity contribution in [3.63, 3.8) is 0 Å². The van der Waals surface area contributed by atoms with Gasteiger partial charge in [0.15, 0.2) is 0 Å². The first kappa shape index (κ1) is 15.2. The van der Waals surface area contributed by atoms with Crippen LogP contribution in [0, 0.1) is 5.92 Å². The monoisotopic (exact) mass is 264 g/mol. The van der Waals surface area contributed by atoms with Crippen molar-refractivity contribution in [1.29, 1.82) is 0 Å². The number of carbonyl (C=O) groups excluding carboxylic acids is 2. The van der Waals surface area contributed by atoms with Crippen LogP contribution in [0.3, 0.4) is 0 Å². The van der Waals surface area contributed by atoms with Crippen molar-refractivity contribution in [3.8, 4) is 0 Å². The number of esters is 2. The molecular weight excluding hydrogens is 244 g/mol. The average molecular weight is 264 g/mol. The minimum atomic E-state index is -0.503. The van der Waals surface area contributed by atoms with Crippen LogP contribution >= 0.6 is 0 Å². The van der Waals surface area contributed by atoms with Crippen LogP contribution in [0.15, 0.2) is 30.3 Å². The van der Waals surface area contributed by atoms with E-state index in [9.17, 15) is 9.59 Å². The second kappa shape index (κ2) is 7.56. The molecule has 4 heteroatoms. The predicted molar refractivity (Wildman–Crippen MR) is 71.7 cm³/mol. The Balaban J connectivity index is 2.64. The highest BCUT2D eigenvalue weighted by atomic mass is 16.6. The summed E-state index contributed by atoms with van der Waals surface area (Å²) in [6.07, 6.45) is 0.0685. The first-order valence-corrected chi connectivity index (χ1v) is 6.52. The number of hydrogen-bond acceptors (Lipinski definition) is 4. The minimum Gasteiger partial charge on any atom is -0.466 e. The van der Waals surface area contributed by atoms with Crippen LogP contribution in [0.1, 0.15) is 37.6 Å². The zero-order valence-electron chi connectivity index (χ0n) is 11.6. The summed E-state index contributed by atoms with van der Waals surface area (Å²) < 4.78 is 10.3. The lowest BCUT2D eigenvalue weighted by Crippen LogP contribution is -2.31. The Morgan fingerprint density at radius 3 is 2.32 bits per heavy atom. The Labute approximate surface area is 113 Å². The van der Waals surface area contributed by atoms with Gasteiger partial charge in [-0.25, -0.2) is 4.79 Å². The Bertz CT molecular complexity index is 413. The molecule has 0 heterocycles. The van der Waals surface area contributed by atoms with E-state index in [-0.39, 0.29) is 5.97 Å². The Kier molecular flexibility index (Phi) is 6.06. The zero-order chi connectivity index (χ0) is 14.3. The molecule has 0 saturated heterocycles. The van der Waals surface area contributed by atoms with E-state index in [1.165, 1.54) is 0 Å². The van der Waals surface area contributed by atoms with Gasteiger partial charge in [-0.05, 0) is 32.4 Å². The molecule has 4 nitrogen and oxygen atoms in total. The lowest BCUT2D eigenvalue weighted by molar-refractivity contribution is -0.151. The maximum Gasteiger partial charge on any atom is 0.338 e. The standard InChI is InChI=1S/C15H20O4/c1-4-13(15(17)18-5-2)11(3)19-14(16)12-9-7-6-8-10-12/h6-11,13H,4-5H2,1-3H3. The molecule has 2 unspecified atom stereocenters. The van der Waals surface area contributed by atoms with Gasteiger partial charge in [-0.1, -0.05) is 25.1 Å². The second-order valence-corrected chi connectivity index (χ2v) is 4.24. The molecule has 0 aromatic heterocycles. The molecule has 1 rings (SSSR count). The fraction of sp³-hybridized carbons (Fsp3) is 0.467. The predicted octanol–water partition coefficient (Wildman–Crippen LogP) is 2.82. The van der Waals surface area contributed by atoms with Crippen LogP contribution in [0.4, 0.5) is 0 Å². The minimum absolute atomic E-state index is 0.321. The second-order valence-electron chi connectivity index (χ2n) is 4.24. The first-order chi connectivity index (χ1) is 9.10. The fourth-order valence-corrected chi connectivity index (χ4v) is 1.83. The molecule has 104 valence electrons. The molecule has 0 aliphatic carbocycles. The normalized spacial score (nSPS) is 13.4. The maximum absolute atomic E-state index is 11.9. The van der Waals surface area contributed by atoms with Crippen molar-refractivity contribution in [2.24, 2.45) is 5.92 Å². The highest BCUT2D eigenvalue weighted by Crippen LogP contribution is 2.16. The van der Waals surface area contributed by atoms with Gasteiger partial charge in [-0.2, -0.15) is 0 Å². The highest BCUT2D eigenvalue weighted by Gasteiger charge is 2.27. The molecule has 0 saturated carbocycles. The largest absolute Gasteiger partial charge is 0.466 e. The van der Waals surface area contributed by atoms with Gasteiger partial charge in [-0.3, -0.25) is 4.79 Å². The maximum atomic E-state index is 11.9. The molecule has 0 spiro atoms. The molecule has 0 bridgehead atoms. The third kappa shape index (κ3) is 4.39. The molecule has 2 atom stereocenters. The van der Waals surface area contributed by atoms with Crippen molar-refractivity contribution in [1.82, 2.24) is 0 Å². The van der Waals surface area contributed by atoms with Gasteiger partial charge in [0.2, 0.25) is 0 Å². The van der Waals surface area contributed by atoms with E-state index in [0.717, 1.165) is 0 Å². The number of rotatable bonds is 6. The number of hydrogen-bond donors (Lipinski definition) is 0. The van der Waals surface area contributed by atoms with Gasteiger partial charge in [0.05, 0.1) is 18.1 Å². The fourth-order valence-electron chi connectivity index (χ4n) is 1.83. The molecule has 0 aliphatic heterocycles. The van der Waals surface area contributed by atoms with E-state index in [2.05, 4.69) is 0 Å². The van der Waals surface area contributed by atoms with Gasteiger partial charge >= 0.3 is 11.9 Å². The van der Waals surface area contributed by atoms with Crippen LogP contribution in [-0.2, 0) is 14.3 Å². The number of benzene rings is 1. The first-order valence-electron chi connectivity index (χ1n) is 6.52. The van der Waals surface area contributed by atoms with E-state index in [1.807, 2.05) is 13.0 Å². The summed E-state index contributed by atoms with van der Waals surface area (Å²) in [5.41, 5.74) is 0.480. The van der Waals surface area contributed by atoms with Crippen molar-refractivity contribution >= 4 is 11.9 Å². The summed E-state index contributed by atoms with van der Waals surface area (Å²) in [6.45, 7) is 5.67. The average Bonchev–Trinajstić information content (AvgIpc) is 2.40. The molecule has 0 aliphatic rings. The molecule has 1 aromatic rings. The molecule has 19 heavy (non-hydrogen) atoms. The topological polar surface area (TPSA) is 52.6 Å². The molecule has 0 radical (unpaired) electrons. The molecule has 0 amide bonds. The van der Waals surface area contributed by atoms with Gasteiger partial charge in [0, 0.05) is 0 Å². The summed E-state index contributed by atoms with van der Waals surface area (Å²) in [4.78, 5) is 23.6. The summed E-state index contributed by atoms with van der Waals surface area (Å²) in [7, 11) is 0. The van der Waals surface area contributed by atoms with Gasteiger partial charge in [0.1, 0.15) is 6.10 Å². The van der Waals surface area contributed by atoms with Crippen molar-refractivity contribution in [3.05, 3.63) is 35.9 Å². The Morgan fingerprint density at radius 2 is 1.79 bits per heavy atom. The van der Waals surface area contributed by atoms with Crippen LogP contribution in [0.2, 0.25) is 0 Å². The smallest absolute Gasteiger partial charge is 0.338 e. The highest BCUT2D eigenvalue weighted by molar-refractivity contribution is 5.89. The van der Waals surface area contributed by atoms with Crippen molar-refractivity contribution in [2.45, 2.75) is 33.3 Å². The van der Waals surface area contributed by atoms with Crippen LogP contribution in [0.25, 0.3) is 0 Å². The molecule has 0 N–H and O–H groups in total. The van der Waals surface area contributed by atoms with Gasteiger partial charge in [0.25, 0.3) is 0 Å². The summed E-state index contributed by atoms with van der Waals surface area (Å²) in [6, 6.07) is 8.72. The number of ether oxygens (including phenoxy) is 2. The zero-order valence-corrected chi connectivity index (χ0v) is 11.6. The Hall–Kier alpha value is -1.84. The van der Waals surface area contributed by atoms with Crippen LogP contribution < -0.4 is 0 Å². The quantitative estimate of drug-likeness (QED) is 0.741. The van der Waals surface area contributed by atoms with Crippen molar-refractivity contribution in [2.75, 3.05) is 6.61 Å². The number of carbonyl (C=O) groups is 2. The van der Waals surface area contributed by atoms with Gasteiger partial charge in [-0.15, -0.1) is 0 Å².